The number of rotatable bonds is 8. The number of hydrogen-bond acceptors (Lipinski definition) is 9. The first kappa shape index (κ1) is 25.7. The summed E-state index contributed by atoms with van der Waals surface area (Å²) >= 11 is 1.66. The van der Waals surface area contributed by atoms with Crippen LogP contribution in [0.1, 0.15) is 38.7 Å². The average Bonchev–Trinajstić information content (AvgIpc) is 2.81. The SMILES string of the molecule is CCSCCOC(=O)C1=C(C)NC2=C(C(=O)[C@@H](C(=O)OC)[C@H](C)C2)[C@H]1c1ccc(O)c(OC)c1. The van der Waals surface area contributed by atoms with E-state index in [-0.39, 0.29) is 29.8 Å². The molecular formula is C25H31NO7S. The first-order valence-corrected chi connectivity index (χ1v) is 12.3. The molecule has 1 aromatic rings. The Hall–Kier alpha value is -2.94. The second kappa shape index (κ2) is 11.0. The molecule has 0 unspecified atom stereocenters. The molecular weight excluding hydrogens is 458 g/mol. The number of carbonyl (C=O) groups excluding carboxylic acids is 3. The zero-order valence-electron chi connectivity index (χ0n) is 20.1. The fourth-order valence-electron chi connectivity index (χ4n) is 4.57. The number of carbonyl (C=O) groups is 3. The summed E-state index contributed by atoms with van der Waals surface area (Å²) in [5.74, 6) is -1.82. The summed E-state index contributed by atoms with van der Waals surface area (Å²) in [6.07, 6.45) is 0.444. The van der Waals surface area contributed by atoms with Gasteiger partial charge in [0, 0.05) is 28.6 Å². The molecule has 3 rings (SSSR count). The summed E-state index contributed by atoms with van der Waals surface area (Å²) in [6, 6.07) is 4.70. The predicted octanol–water partition coefficient (Wildman–Crippen LogP) is 3.31. The molecule has 184 valence electrons. The number of allylic oxidation sites excluding steroid dienone is 3. The first-order chi connectivity index (χ1) is 16.2. The number of Topliss-reactive ketones (excluding diaryl/α,β-unsaturated/α-hetero) is 1. The second-order valence-corrected chi connectivity index (χ2v) is 9.69. The van der Waals surface area contributed by atoms with Gasteiger partial charge in [0.25, 0.3) is 0 Å². The number of ether oxygens (including phenoxy) is 3. The highest BCUT2D eigenvalue weighted by molar-refractivity contribution is 7.99. The van der Waals surface area contributed by atoms with Gasteiger partial charge >= 0.3 is 11.9 Å². The van der Waals surface area contributed by atoms with Gasteiger partial charge in [-0.25, -0.2) is 4.79 Å². The van der Waals surface area contributed by atoms with Crippen LogP contribution in [0.15, 0.2) is 40.7 Å². The van der Waals surface area contributed by atoms with Crippen LogP contribution in [0, 0.1) is 11.8 Å². The molecule has 9 heteroatoms. The molecule has 0 saturated carbocycles. The molecule has 34 heavy (non-hydrogen) atoms. The van der Waals surface area contributed by atoms with Crippen molar-refractivity contribution < 1.29 is 33.7 Å². The van der Waals surface area contributed by atoms with Crippen molar-refractivity contribution in [1.82, 2.24) is 5.32 Å². The number of thioether (sulfide) groups is 1. The highest BCUT2D eigenvalue weighted by atomic mass is 32.2. The lowest BCUT2D eigenvalue weighted by Gasteiger charge is -2.38. The van der Waals surface area contributed by atoms with E-state index in [2.05, 4.69) is 5.32 Å². The summed E-state index contributed by atoms with van der Waals surface area (Å²) in [5, 5.41) is 13.3. The minimum absolute atomic E-state index is 0.0631. The van der Waals surface area contributed by atoms with Crippen LogP contribution in [0.2, 0.25) is 0 Å². The van der Waals surface area contributed by atoms with Crippen LogP contribution in [0.25, 0.3) is 0 Å². The number of phenols is 1. The smallest absolute Gasteiger partial charge is 0.336 e. The lowest BCUT2D eigenvalue weighted by atomic mass is 9.69. The first-order valence-electron chi connectivity index (χ1n) is 11.2. The molecule has 1 aliphatic heterocycles. The molecule has 0 fully saturated rings. The van der Waals surface area contributed by atoms with Crippen molar-refractivity contribution in [3.8, 4) is 11.5 Å². The lowest BCUT2D eigenvalue weighted by molar-refractivity contribution is -0.151. The molecule has 1 aromatic carbocycles. The van der Waals surface area contributed by atoms with E-state index in [0.717, 1.165) is 5.75 Å². The molecule has 2 N–H and O–H groups in total. The number of methoxy groups -OCH3 is 2. The third kappa shape index (κ3) is 4.94. The van der Waals surface area contributed by atoms with E-state index in [1.165, 1.54) is 20.3 Å². The van der Waals surface area contributed by atoms with E-state index in [1.807, 2.05) is 13.8 Å². The van der Waals surface area contributed by atoms with E-state index in [4.69, 9.17) is 14.2 Å². The summed E-state index contributed by atoms with van der Waals surface area (Å²) in [4.78, 5) is 39.4. The van der Waals surface area contributed by atoms with Crippen LogP contribution in [0.3, 0.4) is 0 Å². The monoisotopic (exact) mass is 489 g/mol. The molecule has 1 heterocycles. The molecule has 0 amide bonds. The van der Waals surface area contributed by atoms with Crippen LogP contribution in [0.4, 0.5) is 0 Å². The van der Waals surface area contributed by atoms with Crippen LogP contribution in [-0.2, 0) is 23.9 Å². The molecule has 0 aromatic heterocycles. The molecule has 3 atom stereocenters. The fourth-order valence-corrected chi connectivity index (χ4v) is 5.06. The lowest BCUT2D eigenvalue weighted by Crippen LogP contribution is -2.43. The van der Waals surface area contributed by atoms with Gasteiger partial charge in [0.1, 0.15) is 12.5 Å². The van der Waals surface area contributed by atoms with Gasteiger partial charge in [-0.15, -0.1) is 0 Å². The number of phenolic OH excluding ortho intramolecular Hbond substituents is 1. The van der Waals surface area contributed by atoms with Crippen molar-refractivity contribution >= 4 is 29.5 Å². The Morgan fingerprint density at radius 1 is 1.26 bits per heavy atom. The number of hydrogen-bond donors (Lipinski definition) is 2. The quantitative estimate of drug-likeness (QED) is 0.323. The minimum Gasteiger partial charge on any atom is -0.504 e. The standard InChI is InChI=1S/C25H31NO7S/c1-6-34-10-9-33-25(30)20-14(3)26-16-11-13(2)19(24(29)32-5)23(28)22(16)21(20)15-7-8-17(27)18(12-15)31-4/h7-8,12-13,19,21,26-27H,6,9-11H2,1-5H3/t13-,19+,21+/m1/s1. The van der Waals surface area contributed by atoms with E-state index in [1.54, 1.807) is 30.8 Å². The van der Waals surface area contributed by atoms with Gasteiger partial charge in [0.2, 0.25) is 0 Å². The van der Waals surface area contributed by atoms with Gasteiger partial charge < -0.3 is 24.6 Å². The number of ketones is 1. The molecule has 1 aliphatic carbocycles. The van der Waals surface area contributed by atoms with E-state index in [9.17, 15) is 19.5 Å². The fraction of sp³-hybridized carbons (Fsp3) is 0.480. The van der Waals surface area contributed by atoms with Crippen molar-refractivity contribution in [2.24, 2.45) is 11.8 Å². The summed E-state index contributed by atoms with van der Waals surface area (Å²) < 4.78 is 15.7. The number of benzene rings is 1. The molecule has 0 spiro atoms. The highest BCUT2D eigenvalue weighted by Crippen LogP contribution is 2.46. The predicted molar refractivity (Wildman–Crippen MR) is 129 cm³/mol. The Labute approximate surface area is 203 Å². The van der Waals surface area contributed by atoms with Crippen molar-refractivity contribution in [1.29, 1.82) is 0 Å². The normalized spacial score (nSPS) is 22.1. The number of aromatic hydroxyl groups is 1. The number of nitrogens with one attached hydrogen (secondary N) is 1. The highest BCUT2D eigenvalue weighted by Gasteiger charge is 2.47. The van der Waals surface area contributed by atoms with Crippen molar-refractivity contribution in [2.45, 2.75) is 33.1 Å². The van der Waals surface area contributed by atoms with Crippen LogP contribution < -0.4 is 10.1 Å². The molecule has 0 saturated heterocycles. The van der Waals surface area contributed by atoms with Crippen LogP contribution in [-0.4, -0.2) is 55.2 Å². The van der Waals surface area contributed by atoms with Gasteiger partial charge in [-0.2, -0.15) is 11.8 Å². The van der Waals surface area contributed by atoms with Gasteiger partial charge in [-0.05, 0) is 42.7 Å². The van der Waals surface area contributed by atoms with Gasteiger partial charge in [0.15, 0.2) is 17.3 Å². The Kier molecular flexibility index (Phi) is 8.30. The average molecular weight is 490 g/mol. The summed E-state index contributed by atoms with van der Waals surface area (Å²) in [5.41, 5.74) is 2.45. The molecule has 0 radical (unpaired) electrons. The largest absolute Gasteiger partial charge is 0.504 e. The second-order valence-electron chi connectivity index (χ2n) is 8.30. The summed E-state index contributed by atoms with van der Waals surface area (Å²) in [7, 11) is 2.68. The van der Waals surface area contributed by atoms with Crippen molar-refractivity contribution in [2.75, 3.05) is 32.3 Å². The number of esters is 2. The Morgan fingerprint density at radius 3 is 2.65 bits per heavy atom. The van der Waals surface area contributed by atoms with E-state index < -0.39 is 23.8 Å². The third-order valence-electron chi connectivity index (χ3n) is 6.17. The Bertz CT molecular complexity index is 1050. The van der Waals surface area contributed by atoms with Gasteiger partial charge in [0.05, 0.1) is 19.8 Å². The molecule has 2 aliphatic rings. The number of dihydropyridines is 1. The van der Waals surface area contributed by atoms with Crippen LogP contribution >= 0.6 is 11.8 Å². The van der Waals surface area contributed by atoms with Gasteiger partial charge in [-0.1, -0.05) is 19.9 Å². The van der Waals surface area contributed by atoms with Crippen molar-refractivity contribution in [3.63, 3.8) is 0 Å². The van der Waals surface area contributed by atoms with Crippen molar-refractivity contribution in [3.05, 3.63) is 46.3 Å². The zero-order chi connectivity index (χ0) is 25.0. The zero-order valence-corrected chi connectivity index (χ0v) is 20.9. The molecule has 8 nitrogen and oxygen atoms in total. The maximum Gasteiger partial charge on any atom is 0.336 e. The third-order valence-corrected chi connectivity index (χ3v) is 7.03. The maximum absolute atomic E-state index is 13.7. The topological polar surface area (TPSA) is 111 Å². The Morgan fingerprint density at radius 2 is 2.00 bits per heavy atom. The minimum atomic E-state index is -0.969. The molecule has 0 bridgehead atoms. The Balaban J connectivity index is 2.12. The van der Waals surface area contributed by atoms with Gasteiger partial charge in [-0.3, -0.25) is 9.59 Å². The summed E-state index contributed by atoms with van der Waals surface area (Å²) in [6.45, 7) is 5.87. The van der Waals surface area contributed by atoms with Crippen LogP contribution in [0.5, 0.6) is 11.5 Å². The maximum atomic E-state index is 13.7. The van der Waals surface area contributed by atoms with E-state index >= 15 is 0 Å². The van der Waals surface area contributed by atoms with E-state index in [0.29, 0.717) is 40.3 Å².